The van der Waals surface area contributed by atoms with Crippen LogP contribution in [0.5, 0.6) is 5.75 Å². The molecule has 5 nitrogen and oxygen atoms in total. The highest BCUT2D eigenvalue weighted by Gasteiger charge is 2.67. The maximum atomic E-state index is 12.4. The molecule has 3 aliphatic rings. The average molecular weight is 315 g/mol. The molecule has 2 bridgehead atoms. The summed E-state index contributed by atoms with van der Waals surface area (Å²) in [5, 5.41) is 11.7. The van der Waals surface area contributed by atoms with Crippen LogP contribution in [-0.2, 0) is 16.1 Å². The summed E-state index contributed by atoms with van der Waals surface area (Å²) in [5.41, 5.74) is 0.926. The third-order valence-corrected chi connectivity index (χ3v) is 5.77. The molecule has 2 N–H and O–H groups in total. The molecule has 3 fully saturated rings. The molecule has 0 heterocycles. The highest BCUT2D eigenvalue weighted by atomic mass is 16.5. The van der Waals surface area contributed by atoms with Crippen molar-refractivity contribution < 1.29 is 19.4 Å². The number of ether oxygens (including phenoxy) is 1. The third-order valence-electron chi connectivity index (χ3n) is 5.77. The van der Waals surface area contributed by atoms with Crippen LogP contribution in [0.25, 0.3) is 0 Å². The minimum absolute atomic E-state index is 0.188. The Kier molecular flexibility index (Phi) is 3.51. The molecule has 1 aromatic carbocycles. The van der Waals surface area contributed by atoms with Gasteiger partial charge in [0.25, 0.3) is 0 Å². The van der Waals surface area contributed by atoms with Crippen LogP contribution in [0.4, 0.5) is 0 Å². The standard InChI is InChI=1S/C18H21NO4/c20-14(21)9-23-13-3-1-2-10(6-13)8-19-18(22)17-15-11-4-5-12(7-11)16(15)17/h1-3,6,11-12,15-17H,4-5,7-9H2,(H,19,22)(H,20,21). The van der Waals surface area contributed by atoms with Gasteiger partial charge in [-0.3, -0.25) is 4.79 Å². The number of carbonyl (C=O) groups is 2. The van der Waals surface area contributed by atoms with Crippen LogP contribution in [0.3, 0.4) is 0 Å². The number of rotatable bonds is 6. The van der Waals surface area contributed by atoms with Crippen molar-refractivity contribution >= 4 is 11.9 Å². The Bertz CT molecular complexity index is 628. The minimum Gasteiger partial charge on any atom is -0.482 e. The van der Waals surface area contributed by atoms with Crippen LogP contribution in [0.1, 0.15) is 24.8 Å². The van der Waals surface area contributed by atoms with E-state index < -0.39 is 5.97 Å². The predicted octanol–water partition coefficient (Wildman–Crippen LogP) is 2.06. The van der Waals surface area contributed by atoms with Crippen molar-refractivity contribution in [2.45, 2.75) is 25.8 Å². The summed E-state index contributed by atoms with van der Waals surface area (Å²) in [7, 11) is 0. The third kappa shape index (κ3) is 2.69. The molecule has 3 aliphatic carbocycles. The number of fused-ring (bicyclic) bond motifs is 5. The highest BCUT2D eigenvalue weighted by molar-refractivity contribution is 5.82. The maximum absolute atomic E-state index is 12.4. The van der Waals surface area contributed by atoms with Gasteiger partial charge in [-0.2, -0.15) is 0 Å². The molecule has 1 aromatic rings. The van der Waals surface area contributed by atoms with E-state index in [1.165, 1.54) is 19.3 Å². The van der Waals surface area contributed by atoms with E-state index in [0.717, 1.165) is 17.4 Å². The van der Waals surface area contributed by atoms with Crippen LogP contribution in [0.15, 0.2) is 24.3 Å². The molecule has 0 aromatic heterocycles. The van der Waals surface area contributed by atoms with Crippen LogP contribution >= 0.6 is 0 Å². The molecule has 0 saturated heterocycles. The highest BCUT2D eigenvalue weighted by Crippen LogP contribution is 2.69. The SMILES string of the molecule is O=C(O)COc1cccc(CNC(=O)C2C3C4CCC(C4)C23)c1. The second-order valence-electron chi connectivity index (χ2n) is 7.06. The van der Waals surface area contributed by atoms with Crippen molar-refractivity contribution in [2.75, 3.05) is 6.61 Å². The molecule has 1 amide bonds. The van der Waals surface area contributed by atoms with Crippen molar-refractivity contribution in [2.24, 2.45) is 29.6 Å². The van der Waals surface area contributed by atoms with Gasteiger partial charge in [0.1, 0.15) is 5.75 Å². The van der Waals surface area contributed by atoms with E-state index in [-0.39, 0.29) is 18.4 Å². The van der Waals surface area contributed by atoms with Gasteiger partial charge in [-0.15, -0.1) is 0 Å². The van der Waals surface area contributed by atoms with Gasteiger partial charge in [0.15, 0.2) is 6.61 Å². The van der Waals surface area contributed by atoms with Gasteiger partial charge in [0.05, 0.1) is 0 Å². The Balaban J connectivity index is 1.30. The van der Waals surface area contributed by atoms with Crippen LogP contribution in [-0.4, -0.2) is 23.6 Å². The van der Waals surface area contributed by atoms with Crippen LogP contribution < -0.4 is 10.1 Å². The first-order valence-electron chi connectivity index (χ1n) is 8.35. The topological polar surface area (TPSA) is 75.6 Å². The van der Waals surface area contributed by atoms with E-state index in [1.54, 1.807) is 12.1 Å². The first-order chi connectivity index (χ1) is 11.1. The number of hydrogen-bond acceptors (Lipinski definition) is 3. The fraction of sp³-hybridized carbons (Fsp3) is 0.556. The predicted molar refractivity (Wildman–Crippen MR) is 82.7 cm³/mol. The van der Waals surface area contributed by atoms with E-state index in [2.05, 4.69) is 5.32 Å². The molecule has 23 heavy (non-hydrogen) atoms. The van der Waals surface area contributed by atoms with Gasteiger partial charge in [-0.05, 0) is 60.6 Å². The molecular weight excluding hydrogens is 294 g/mol. The Hall–Kier alpha value is -2.04. The van der Waals surface area contributed by atoms with Crippen LogP contribution in [0.2, 0.25) is 0 Å². The van der Waals surface area contributed by atoms with Gasteiger partial charge >= 0.3 is 5.97 Å². The zero-order chi connectivity index (χ0) is 16.0. The lowest BCUT2D eigenvalue weighted by Crippen LogP contribution is -2.27. The van der Waals surface area contributed by atoms with Crippen molar-refractivity contribution in [1.29, 1.82) is 0 Å². The molecule has 0 aliphatic heterocycles. The molecule has 0 radical (unpaired) electrons. The molecule has 0 spiro atoms. The van der Waals surface area contributed by atoms with Crippen molar-refractivity contribution in [1.82, 2.24) is 5.32 Å². The second-order valence-corrected chi connectivity index (χ2v) is 7.06. The maximum Gasteiger partial charge on any atom is 0.341 e. The Morgan fingerprint density at radius 2 is 1.96 bits per heavy atom. The Morgan fingerprint density at radius 3 is 2.65 bits per heavy atom. The van der Waals surface area contributed by atoms with Gasteiger partial charge in [-0.1, -0.05) is 12.1 Å². The summed E-state index contributed by atoms with van der Waals surface area (Å²) in [6, 6.07) is 7.22. The number of hydrogen-bond donors (Lipinski definition) is 2. The number of carboxylic acids is 1. The smallest absolute Gasteiger partial charge is 0.341 e. The number of carboxylic acid groups (broad SMARTS) is 1. The van der Waals surface area contributed by atoms with E-state index >= 15 is 0 Å². The molecule has 4 rings (SSSR count). The summed E-state index contributed by atoms with van der Waals surface area (Å²) in [6.45, 7) is 0.110. The summed E-state index contributed by atoms with van der Waals surface area (Å²) in [6.07, 6.45) is 3.99. The summed E-state index contributed by atoms with van der Waals surface area (Å²) >= 11 is 0. The van der Waals surface area contributed by atoms with Crippen LogP contribution in [0, 0.1) is 29.6 Å². The van der Waals surface area contributed by atoms with Crippen molar-refractivity contribution in [3.05, 3.63) is 29.8 Å². The van der Waals surface area contributed by atoms with Crippen molar-refractivity contribution in [3.8, 4) is 5.75 Å². The number of carbonyl (C=O) groups excluding carboxylic acids is 1. The lowest BCUT2D eigenvalue weighted by molar-refractivity contribution is -0.139. The normalized spacial score (nSPS) is 33.1. The molecule has 122 valence electrons. The number of benzene rings is 1. The summed E-state index contributed by atoms with van der Waals surface area (Å²) in [5.74, 6) is 2.85. The average Bonchev–Trinajstić information content (AvgIpc) is 2.99. The number of amides is 1. The van der Waals surface area contributed by atoms with Gasteiger partial charge in [-0.25, -0.2) is 4.79 Å². The quantitative estimate of drug-likeness (QED) is 0.842. The van der Waals surface area contributed by atoms with E-state index in [0.29, 0.717) is 24.1 Å². The fourth-order valence-corrected chi connectivity index (χ4v) is 4.87. The van der Waals surface area contributed by atoms with Gasteiger partial charge in [0, 0.05) is 12.5 Å². The van der Waals surface area contributed by atoms with Gasteiger partial charge < -0.3 is 15.2 Å². The largest absolute Gasteiger partial charge is 0.482 e. The zero-order valence-corrected chi connectivity index (χ0v) is 12.9. The summed E-state index contributed by atoms with van der Waals surface area (Å²) < 4.78 is 5.16. The van der Waals surface area contributed by atoms with E-state index in [9.17, 15) is 9.59 Å². The lowest BCUT2D eigenvalue weighted by Gasteiger charge is -2.10. The molecular formula is C18H21NO4. The molecule has 4 unspecified atom stereocenters. The van der Waals surface area contributed by atoms with Gasteiger partial charge in [0.2, 0.25) is 5.91 Å². The zero-order valence-electron chi connectivity index (χ0n) is 12.9. The Labute approximate surface area is 135 Å². The lowest BCUT2D eigenvalue weighted by atomic mass is 10.0. The first-order valence-corrected chi connectivity index (χ1v) is 8.35. The summed E-state index contributed by atoms with van der Waals surface area (Å²) in [4.78, 5) is 22.9. The molecule has 4 atom stereocenters. The monoisotopic (exact) mass is 315 g/mol. The second kappa shape index (κ2) is 5.55. The molecule has 5 heteroatoms. The van der Waals surface area contributed by atoms with Crippen molar-refractivity contribution in [3.63, 3.8) is 0 Å². The number of nitrogens with one attached hydrogen (secondary N) is 1. The first kappa shape index (κ1) is 14.5. The van der Waals surface area contributed by atoms with E-state index in [4.69, 9.17) is 9.84 Å². The Morgan fingerprint density at radius 1 is 1.22 bits per heavy atom. The minimum atomic E-state index is -1.00. The van der Waals surface area contributed by atoms with E-state index in [1.807, 2.05) is 12.1 Å². The fourth-order valence-electron chi connectivity index (χ4n) is 4.87. The number of aliphatic carboxylic acids is 1. The molecule has 3 saturated carbocycles.